The first-order chi connectivity index (χ1) is 20.7. The summed E-state index contributed by atoms with van der Waals surface area (Å²) in [5.74, 6) is 1.60. The van der Waals surface area contributed by atoms with E-state index in [9.17, 15) is 4.39 Å². The van der Waals surface area contributed by atoms with Crippen molar-refractivity contribution in [2.24, 2.45) is 5.73 Å². The molecule has 3 aromatic heterocycles. The van der Waals surface area contributed by atoms with Crippen LogP contribution in [0.25, 0.3) is 17.0 Å². The third kappa shape index (κ3) is 6.54. The van der Waals surface area contributed by atoms with Crippen LogP contribution in [-0.2, 0) is 9.47 Å². The fraction of sp³-hybridized carbons (Fsp3) is 0.452. The van der Waals surface area contributed by atoms with Crippen LogP contribution in [0.3, 0.4) is 0 Å². The summed E-state index contributed by atoms with van der Waals surface area (Å²) >= 11 is 0. The van der Waals surface area contributed by atoms with Crippen LogP contribution in [0.15, 0.2) is 60.8 Å². The minimum Gasteiger partial charge on any atom is -0.378 e. The summed E-state index contributed by atoms with van der Waals surface area (Å²) in [7, 11) is 0. The summed E-state index contributed by atoms with van der Waals surface area (Å²) in [5.41, 5.74) is 8.86. The highest BCUT2D eigenvalue weighted by atomic mass is 19.1. The molecule has 0 radical (unpaired) electrons. The molecule has 11 heteroatoms. The standard InChI is InChI=1S/C31H39FN8O2/c32-25-5-1-4-24(22-25)27-7-3-12-39(27)31-10-9-29-34-23-28(40(29)36-31)26-6-2-8-30(35-26)38-15-13-37(14-16-38)17-19-42-21-20-41-18-11-33/h1-2,4-6,8-10,22-23,27H,3,7,11-21,33H2. The average Bonchev–Trinajstić information content (AvgIpc) is 3.69. The van der Waals surface area contributed by atoms with Crippen molar-refractivity contribution < 1.29 is 13.9 Å². The van der Waals surface area contributed by atoms with Crippen molar-refractivity contribution in [3.05, 3.63) is 72.2 Å². The first-order valence-corrected chi connectivity index (χ1v) is 14.9. The number of fused-ring (bicyclic) bond motifs is 1. The van der Waals surface area contributed by atoms with E-state index in [4.69, 9.17) is 25.3 Å². The van der Waals surface area contributed by atoms with Crippen molar-refractivity contribution in [1.82, 2.24) is 24.5 Å². The van der Waals surface area contributed by atoms with Crippen molar-refractivity contribution in [3.8, 4) is 11.4 Å². The molecule has 5 heterocycles. The number of pyridine rings is 1. The van der Waals surface area contributed by atoms with Gasteiger partial charge >= 0.3 is 0 Å². The van der Waals surface area contributed by atoms with Crippen LogP contribution in [0.4, 0.5) is 16.0 Å². The summed E-state index contributed by atoms with van der Waals surface area (Å²) in [4.78, 5) is 16.7. The summed E-state index contributed by atoms with van der Waals surface area (Å²) in [5, 5.41) is 5.00. The van der Waals surface area contributed by atoms with E-state index in [0.717, 1.165) is 86.3 Å². The molecule has 1 aromatic carbocycles. The number of halogens is 1. The number of hydrogen-bond donors (Lipinski definition) is 1. The lowest BCUT2D eigenvalue weighted by atomic mass is 10.0. The Morgan fingerprint density at radius 2 is 1.71 bits per heavy atom. The maximum Gasteiger partial charge on any atom is 0.154 e. The van der Waals surface area contributed by atoms with Gasteiger partial charge < -0.3 is 25.0 Å². The minimum atomic E-state index is -0.207. The molecule has 2 saturated heterocycles. The molecular weight excluding hydrogens is 535 g/mol. The van der Waals surface area contributed by atoms with Crippen molar-refractivity contribution >= 4 is 17.3 Å². The summed E-state index contributed by atoms with van der Waals surface area (Å²) in [6.45, 7) is 8.51. The molecule has 1 atom stereocenters. The predicted octanol–water partition coefficient (Wildman–Crippen LogP) is 3.39. The maximum absolute atomic E-state index is 14.0. The lowest BCUT2D eigenvalue weighted by Crippen LogP contribution is -2.47. The Labute approximate surface area is 245 Å². The topological polar surface area (TPSA) is 97.3 Å². The van der Waals surface area contributed by atoms with Gasteiger partial charge in [-0.2, -0.15) is 0 Å². The zero-order chi connectivity index (χ0) is 28.7. The average molecular weight is 575 g/mol. The van der Waals surface area contributed by atoms with E-state index in [1.165, 1.54) is 6.07 Å². The maximum atomic E-state index is 14.0. The number of aromatic nitrogens is 4. The number of nitrogens with zero attached hydrogens (tertiary/aromatic N) is 7. The van der Waals surface area contributed by atoms with Gasteiger partial charge in [0.2, 0.25) is 0 Å². The second-order valence-corrected chi connectivity index (χ2v) is 10.7. The Morgan fingerprint density at radius 3 is 2.55 bits per heavy atom. The Kier molecular flexibility index (Phi) is 9.19. The normalized spacial score (nSPS) is 17.9. The van der Waals surface area contributed by atoms with Crippen LogP contribution in [0, 0.1) is 5.82 Å². The predicted molar refractivity (Wildman–Crippen MR) is 161 cm³/mol. The number of nitrogens with two attached hydrogens (primary N) is 1. The monoisotopic (exact) mass is 574 g/mol. The van der Waals surface area contributed by atoms with Crippen LogP contribution in [0.1, 0.15) is 24.4 Å². The lowest BCUT2D eigenvalue weighted by molar-refractivity contribution is 0.0405. The van der Waals surface area contributed by atoms with E-state index in [0.29, 0.717) is 33.0 Å². The number of hydrogen-bond acceptors (Lipinski definition) is 9. The molecule has 1 unspecified atom stereocenters. The third-order valence-corrected chi connectivity index (χ3v) is 8.01. The molecule has 222 valence electrons. The van der Waals surface area contributed by atoms with E-state index < -0.39 is 0 Å². The first kappa shape index (κ1) is 28.5. The van der Waals surface area contributed by atoms with Gasteiger partial charge in [-0.3, -0.25) is 4.90 Å². The molecule has 2 N–H and O–H groups in total. The molecule has 10 nitrogen and oxygen atoms in total. The highest BCUT2D eigenvalue weighted by Crippen LogP contribution is 2.35. The number of rotatable bonds is 12. The van der Waals surface area contributed by atoms with Gasteiger partial charge in [0.05, 0.1) is 44.4 Å². The smallest absolute Gasteiger partial charge is 0.154 e. The van der Waals surface area contributed by atoms with Crippen LogP contribution >= 0.6 is 0 Å². The fourth-order valence-electron chi connectivity index (χ4n) is 5.83. The van der Waals surface area contributed by atoms with Gasteiger partial charge in [-0.15, -0.1) is 5.10 Å². The number of anilines is 2. The highest BCUT2D eigenvalue weighted by Gasteiger charge is 2.28. The zero-order valence-corrected chi connectivity index (χ0v) is 23.9. The molecule has 42 heavy (non-hydrogen) atoms. The summed E-state index contributed by atoms with van der Waals surface area (Å²) in [6.07, 6.45) is 3.84. The van der Waals surface area contributed by atoms with Crippen molar-refractivity contribution in [3.63, 3.8) is 0 Å². The Bertz CT molecular complexity index is 1460. The van der Waals surface area contributed by atoms with Gasteiger partial charge in [-0.1, -0.05) is 18.2 Å². The van der Waals surface area contributed by atoms with Gasteiger partial charge in [0.15, 0.2) is 5.65 Å². The van der Waals surface area contributed by atoms with Gasteiger partial charge in [-0.25, -0.2) is 18.9 Å². The second-order valence-electron chi connectivity index (χ2n) is 10.7. The molecule has 0 spiro atoms. The van der Waals surface area contributed by atoms with Gasteiger partial charge in [0.25, 0.3) is 0 Å². The Balaban J connectivity index is 1.11. The molecule has 6 rings (SSSR count). The van der Waals surface area contributed by atoms with Gasteiger partial charge in [0.1, 0.15) is 23.1 Å². The van der Waals surface area contributed by atoms with Crippen molar-refractivity contribution in [1.29, 1.82) is 0 Å². The number of piperazine rings is 1. The summed E-state index contributed by atoms with van der Waals surface area (Å²) < 4.78 is 26.9. The zero-order valence-electron chi connectivity index (χ0n) is 23.9. The minimum absolute atomic E-state index is 0.0969. The molecule has 4 aromatic rings. The van der Waals surface area contributed by atoms with E-state index in [-0.39, 0.29) is 11.9 Å². The van der Waals surface area contributed by atoms with Crippen molar-refractivity contribution in [2.45, 2.75) is 18.9 Å². The van der Waals surface area contributed by atoms with E-state index >= 15 is 0 Å². The Hall–Kier alpha value is -3.64. The molecule has 0 amide bonds. The number of imidazole rings is 1. The number of benzene rings is 1. The quantitative estimate of drug-likeness (QED) is 0.256. The molecule has 0 aliphatic carbocycles. The molecule has 2 aliphatic heterocycles. The SMILES string of the molecule is NCCOCCOCCN1CCN(c2cccc(-c3cnc4ccc(N5CCCC5c5cccc(F)c5)nn34)n2)CC1. The van der Waals surface area contributed by atoms with E-state index in [1.807, 2.05) is 41.0 Å². The van der Waals surface area contributed by atoms with Gasteiger partial charge in [0, 0.05) is 45.8 Å². The van der Waals surface area contributed by atoms with Crippen molar-refractivity contribution in [2.75, 3.05) is 82.0 Å². The largest absolute Gasteiger partial charge is 0.378 e. The number of ether oxygens (including phenoxy) is 2. The van der Waals surface area contributed by atoms with Crippen LogP contribution < -0.4 is 15.5 Å². The van der Waals surface area contributed by atoms with E-state index in [1.54, 1.807) is 12.1 Å². The van der Waals surface area contributed by atoms with Gasteiger partial charge in [-0.05, 0) is 54.8 Å². The summed E-state index contributed by atoms with van der Waals surface area (Å²) in [6, 6.07) is 17.1. The fourth-order valence-corrected chi connectivity index (χ4v) is 5.83. The molecule has 2 fully saturated rings. The van der Waals surface area contributed by atoms with Crippen LogP contribution in [-0.4, -0.2) is 96.7 Å². The van der Waals surface area contributed by atoms with Crippen LogP contribution in [0.2, 0.25) is 0 Å². The molecule has 2 aliphatic rings. The lowest BCUT2D eigenvalue weighted by Gasteiger charge is -2.35. The van der Waals surface area contributed by atoms with E-state index in [2.05, 4.69) is 25.8 Å². The highest BCUT2D eigenvalue weighted by molar-refractivity contribution is 5.62. The molecule has 0 bridgehead atoms. The first-order valence-electron chi connectivity index (χ1n) is 14.9. The third-order valence-electron chi connectivity index (χ3n) is 8.01. The van der Waals surface area contributed by atoms with Crippen LogP contribution in [0.5, 0.6) is 0 Å². The Morgan fingerprint density at radius 1 is 0.881 bits per heavy atom. The molecular formula is C31H39FN8O2. The molecule has 0 saturated carbocycles. The second kappa shape index (κ2) is 13.6.